The third-order valence-corrected chi connectivity index (χ3v) is 5.83. The molecule has 0 N–H and O–H groups in total. The van der Waals surface area contributed by atoms with E-state index in [1.165, 1.54) is 68.2 Å². The SMILES string of the molecule is CCCCc1ccc([C@H]2CC[C@H](CCc3ccc(F)nc3F)CC2)cc1. The van der Waals surface area contributed by atoms with Crippen LogP contribution in [-0.4, -0.2) is 4.98 Å². The van der Waals surface area contributed by atoms with Crippen LogP contribution in [0.5, 0.6) is 0 Å². The molecule has 3 rings (SSSR count). The van der Waals surface area contributed by atoms with Gasteiger partial charge in [0.15, 0.2) is 0 Å². The lowest BCUT2D eigenvalue weighted by Crippen LogP contribution is -2.14. The van der Waals surface area contributed by atoms with Crippen LogP contribution in [0.2, 0.25) is 0 Å². The Bertz CT molecular complexity index is 688. The summed E-state index contributed by atoms with van der Waals surface area (Å²) < 4.78 is 26.5. The number of nitrogens with zero attached hydrogens (tertiary/aromatic N) is 1. The van der Waals surface area contributed by atoms with Gasteiger partial charge in [-0.15, -0.1) is 0 Å². The molecule has 0 aliphatic heterocycles. The van der Waals surface area contributed by atoms with Gasteiger partial charge in [0.25, 0.3) is 0 Å². The number of benzene rings is 1. The summed E-state index contributed by atoms with van der Waals surface area (Å²) in [5, 5.41) is 0. The molecule has 1 saturated carbocycles. The lowest BCUT2D eigenvalue weighted by molar-refractivity contribution is 0.309. The molecule has 0 unspecified atom stereocenters. The smallest absolute Gasteiger partial charge is 0.190 e. The molecule has 26 heavy (non-hydrogen) atoms. The molecule has 1 nitrogen and oxygen atoms in total. The minimum atomic E-state index is -0.743. The molecule has 1 heterocycles. The van der Waals surface area contributed by atoms with Gasteiger partial charge in [0.1, 0.15) is 0 Å². The fraction of sp³-hybridized carbons (Fsp3) is 0.522. The zero-order valence-corrected chi connectivity index (χ0v) is 15.7. The summed E-state index contributed by atoms with van der Waals surface area (Å²) in [5.41, 5.74) is 3.45. The molecule has 0 atom stereocenters. The molecule has 1 aliphatic carbocycles. The van der Waals surface area contributed by atoms with Gasteiger partial charge in [0.2, 0.25) is 11.9 Å². The average molecular weight is 357 g/mol. The van der Waals surface area contributed by atoms with E-state index in [4.69, 9.17) is 0 Å². The summed E-state index contributed by atoms with van der Waals surface area (Å²) in [5.74, 6) is -0.0930. The van der Waals surface area contributed by atoms with Crippen molar-refractivity contribution in [3.8, 4) is 0 Å². The Kier molecular flexibility index (Phi) is 6.76. The Morgan fingerprint density at radius 2 is 1.65 bits per heavy atom. The fourth-order valence-corrected chi connectivity index (χ4v) is 4.11. The molecule has 1 aromatic carbocycles. The van der Waals surface area contributed by atoms with Crippen LogP contribution in [-0.2, 0) is 12.8 Å². The average Bonchev–Trinajstić information content (AvgIpc) is 2.66. The first-order valence-electron chi connectivity index (χ1n) is 10.1. The molecule has 2 aromatic rings. The summed E-state index contributed by atoms with van der Waals surface area (Å²) in [6.07, 6.45) is 10.1. The van der Waals surface area contributed by atoms with Crippen LogP contribution in [0.3, 0.4) is 0 Å². The quantitative estimate of drug-likeness (QED) is 0.508. The van der Waals surface area contributed by atoms with Crippen molar-refractivity contribution < 1.29 is 8.78 Å². The van der Waals surface area contributed by atoms with Gasteiger partial charge in [-0.1, -0.05) is 37.6 Å². The van der Waals surface area contributed by atoms with Crippen LogP contribution in [0.1, 0.15) is 74.5 Å². The molecule has 3 heteroatoms. The predicted molar refractivity (Wildman–Crippen MR) is 102 cm³/mol. The first-order chi connectivity index (χ1) is 12.7. The standard InChI is InChI=1S/C23H29F2N/c1-2-3-4-17-5-10-19(11-6-17)20-12-7-18(8-13-20)9-14-21-15-16-22(24)26-23(21)25/h5-6,10-11,15-16,18,20H,2-4,7-9,12-14H2,1H3/t18-,20-. The molecule has 1 fully saturated rings. The lowest BCUT2D eigenvalue weighted by atomic mass is 9.77. The maximum Gasteiger partial charge on any atom is 0.218 e. The first-order valence-corrected chi connectivity index (χ1v) is 10.1. The number of rotatable bonds is 7. The van der Waals surface area contributed by atoms with Crippen LogP contribution in [0.4, 0.5) is 8.78 Å². The molecule has 0 saturated heterocycles. The molecule has 1 aliphatic rings. The molecule has 140 valence electrons. The van der Waals surface area contributed by atoms with Crippen LogP contribution in [0, 0.1) is 17.8 Å². The monoisotopic (exact) mass is 357 g/mol. The minimum Gasteiger partial charge on any atom is -0.190 e. The van der Waals surface area contributed by atoms with E-state index in [0.717, 1.165) is 6.42 Å². The van der Waals surface area contributed by atoms with Gasteiger partial charge < -0.3 is 0 Å². The highest BCUT2D eigenvalue weighted by Crippen LogP contribution is 2.37. The van der Waals surface area contributed by atoms with E-state index in [1.807, 2.05) is 0 Å². The van der Waals surface area contributed by atoms with Crippen molar-refractivity contribution in [1.29, 1.82) is 0 Å². The van der Waals surface area contributed by atoms with Crippen LogP contribution in [0.25, 0.3) is 0 Å². The van der Waals surface area contributed by atoms with E-state index in [9.17, 15) is 8.78 Å². The van der Waals surface area contributed by atoms with Gasteiger partial charge in [-0.3, -0.25) is 0 Å². The largest absolute Gasteiger partial charge is 0.218 e. The zero-order valence-electron chi connectivity index (χ0n) is 15.7. The molecular formula is C23H29F2N. The highest BCUT2D eigenvalue weighted by Gasteiger charge is 2.22. The zero-order chi connectivity index (χ0) is 18.4. The predicted octanol–water partition coefficient (Wildman–Crippen LogP) is 6.61. The van der Waals surface area contributed by atoms with E-state index >= 15 is 0 Å². The number of aryl methyl sites for hydroxylation is 2. The highest BCUT2D eigenvalue weighted by molar-refractivity contribution is 5.26. The number of halogens is 2. The van der Waals surface area contributed by atoms with E-state index in [-0.39, 0.29) is 0 Å². The normalized spacial score (nSPS) is 20.3. The van der Waals surface area contributed by atoms with Crippen molar-refractivity contribution in [2.75, 3.05) is 0 Å². The number of hydrogen-bond acceptors (Lipinski definition) is 1. The summed E-state index contributed by atoms with van der Waals surface area (Å²) in [7, 11) is 0. The van der Waals surface area contributed by atoms with Crippen LogP contribution in [0.15, 0.2) is 36.4 Å². The number of hydrogen-bond donors (Lipinski definition) is 0. The second-order valence-corrected chi connectivity index (χ2v) is 7.69. The second-order valence-electron chi connectivity index (χ2n) is 7.69. The molecule has 0 bridgehead atoms. The fourth-order valence-electron chi connectivity index (χ4n) is 4.11. The molecule has 0 amide bonds. The lowest BCUT2D eigenvalue weighted by Gasteiger charge is -2.29. The van der Waals surface area contributed by atoms with Gasteiger partial charge in [-0.25, -0.2) is 0 Å². The van der Waals surface area contributed by atoms with Crippen molar-refractivity contribution in [3.63, 3.8) is 0 Å². The van der Waals surface area contributed by atoms with Gasteiger partial charge >= 0.3 is 0 Å². The van der Waals surface area contributed by atoms with Crippen LogP contribution >= 0.6 is 0 Å². The Labute approximate surface area is 155 Å². The van der Waals surface area contributed by atoms with E-state index < -0.39 is 11.9 Å². The number of aromatic nitrogens is 1. The maximum absolute atomic E-state index is 13.6. The molecule has 1 aromatic heterocycles. The van der Waals surface area contributed by atoms with Gasteiger partial charge in [-0.05, 0) is 86.5 Å². The van der Waals surface area contributed by atoms with E-state index in [1.54, 1.807) is 0 Å². The Balaban J connectivity index is 1.46. The summed E-state index contributed by atoms with van der Waals surface area (Å²) in [6, 6.07) is 12.0. The molecular weight excluding hydrogens is 328 g/mol. The van der Waals surface area contributed by atoms with Gasteiger partial charge in [0.05, 0.1) is 0 Å². The van der Waals surface area contributed by atoms with Crippen molar-refractivity contribution in [1.82, 2.24) is 4.98 Å². The van der Waals surface area contributed by atoms with Crippen molar-refractivity contribution in [2.24, 2.45) is 5.92 Å². The molecule has 0 spiro atoms. The minimum absolute atomic E-state index is 0.538. The Hall–Kier alpha value is -1.77. The van der Waals surface area contributed by atoms with Crippen LogP contribution < -0.4 is 0 Å². The van der Waals surface area contributed by atoms with Gasteiger partial charge in [0, 0.05) is 5.56 Å². The maximum atomic E-state index is 13.6. The summed E-state index contributed by atoms with van der Waals surface area (Å²) >= 11 is 0. The second kappa shape index (κ2) is 9.25. The Morgan fingerprint density at radius 1 is 0.923 bits per heavy atom. The van der Waals surface area contributed by atoms with Crippen molar-refractivity contribution >= 4 is 0 Å². The summed E-state index contributed by atoms with van der Waals surface area (Å²) in [4.78, 5) is 3.28. The van der Waals surface area contributed by atoms with Gasteiger partial charge in [-0.2, -0.15) is 13.8 Å². The third kappa shape index (κ3) is 5.12. The topological polar surface area (TPSA) is 12.9 Å². The summed E-state index contributed by atoms with van der Waals surface area (Å²) in [6.45, 7) is 2.23. The highest BCUT2D eigenvalue weighted by atomic mass is 19.1. The van der Waals surface area contributed by atoms with Crippen molar-refractivity contribution in [2.45, 2.75) is 70.6 Å². The van der Waals surface area contributed by atoms with Crippen molar-refractivity contribution in [3.05, 3.63) is 65.0 Å². The number of unbranched alkanes of at least 4 members (excludes halogenated alkanes) is 1. The Morgan fingerprint density at radius 3 is 2.31 bits per heavy atom. The number of pyridine rings is 1. The third-order valence-electron chi connectivity index (χ3n) is 5.83. The first kappa shape index (κ1) is 19.0. The van der Waals surface area contributed by atoms with E-state index in [2.05, 4.69) is 36.2 Å². The molecule has 0 radical (unpaired) electrons. The van der Waals surface area contributed by atoms with E-state index in [0.29, 0.717) is 23.8 Å².